The van der Waals surface area contributed by atoms with E-state index in [-0.39, 0.29) is 5.91 Å². The Morgan fingerprint density at radius 3 is 2.67 bits per heavy atom. The molecule has 2 aromatic carbocycles. The van der Waals surface area contributed by atoms with E-state index in [0.29, 0.717) is 18.0 Å². The largest absolute Gasteiger partial charge is 0.479 e. The Morgan fingerprint density at radius 2 is 1.88 bits per heavy atom. The molecule has 1 amide bonds. The fraction of sp³-hybridized carbons (Fsp3) is 0.231. The number of carbonyl (C=O) groups excluding carboxylic acids is 1. The van der Waals surface area contributed by atoms with E-state index >= 15 is 0 Å². The first-order chi connectivity index (χ1) is 15.9. The third-order valence-electron chi connectivity index (χ3n) is 6.03. The van der Waals surface area contributed by atoms with Crippen LogP contribution in [-0.2, 0) is 17.9 Å². The molecular formula is C26H27N5O2. The first kappa shape index (κ1) is 21.0. The van der Waals surface area contributed by atoms with Crippen molar-refractivity contribution in [3.8, 4) is 17.0 Å². The molecule has 0 bridgehead atoms. The Balaban J connectivity index is 1.57. The number of rotatable bonds is 5. The van der Waals surface area contributed by atoms with Gasteiger partial charge in [0, 0.05) is 37.6 Å². The molecule has 0 saturated carbocycles. The number of nitrogens with zero attached hydrogens (tertiary/aromatic N) is 4. The van der Waals surface area contributed by atoms with Gasteiger partial charge in [-0.3, -0.25) is 9.69 Å². The van der Waals surface area contributed by atoms with Crippen LogP contribution in [0.15, 0.2) is 66.9 Å². The highest BCUT2D eigenvalue weighted by molar-refractivity contribution is 6.00. The molecule has 7 nitrogen and oxygen atoms in total. The van der Waals surface area contributed by atoms with E-state index in [1.165, 1.54) is 5.56 Å². The molecule has 1 aliphatic rings. The molecule has 4 aromatic rings. The summed E-state index contributed by atoms with van der Waals surface area (Å²) in [5.74, 6) is 0.634. The molecule has 0 aliphatic carbocycles. The number of anilines is 2. The van der Waals surface area contributed by atoms with Crippen molar-refractivity contribution in [2.45, 2.75) is 26.1 Å². The van der Waals surface area contributed by atoms with Crippen LogP contribution in [0.3, 0.4) is 0 Å². The minimum atomic E-state index is -0.492. The zero-order valence-corrected chi connectivity index (χ0v) is 19.0. The van der Waals surface area contributed by atoms with Crippen molar-refractivity contribution in [1.82, 2.24) is 14.3 Å². The van der Waals surface area contributed by atoms with Crippen LogP contribution >= 0.6 is 0 Å². The zero-order valence-electron chi connectivity index (χ0n) is 19.0. The molecule has 2 aromatic heterocycles. The van der Waals surface area contributed by atoms with E-state index in [2.05, 4.69) is 40.6 Å². The Kier molecular flexibility index (Phi) is 5.26. The maximum Gasteiger partial charge on any atom is 0.267 e. The van der Waals surface area contributed by atoms with Gasteiger partial charge in [0.05, 0.1) is 17.1 Å². The molecule has 168 valence electrons. The second-order valence-electron chi connectivity index (χ2n) is 8.60. The van der Waals surface area contributed by atoms with Crippen LogP contribution in [0.1, 0.15) is 18.2 Å². The van der Waals surface area contributed by atoms with Gasteiger partial charge in [-0.2, -0.15) is 0 Å². The maximum atomic E-state index is 12.5. The number of hydrogen-bond donors (Lipinski definition) is 1. The van der Waals surface area contributed by atoms with Crippen LogP contribution in [0.5, 0.6) is 5.75 Å². The molecule has 3 heterocycles. The highest BCUT2D eigenvalue weighted by atomic mass is 16.5. The van der Waals surface area contributed by atoms with E-state index < -0.39 is 6.10 Å². The van der Waals surface area contributed by atoms with E-state index in [1.54, 1.807) is 18.9 Å². The van der Waals surface area contributed by atoms with Crippen molar-refractivity contribution in [2.75, 3.05) is 24.7 Å². The van der Waals surface area contributed by atoms with Crippen LogP contribution < -0.4 is 15.4 Å². The topological polar surface area (TPSA) is 76.1 Å². The average Bonchev–Trinajstić information content (AvgIpc) is 3.15. The summed E-state index contributed by atoms with van der Waals surface area (Å²) in [5, 5.41) is 0. The van der Waals surface area contributed by atoms with E-state index in [1.807, 2.05) is 42.6 Å². The first-order valence-corrected chi connectivity index (χ1v) is 11.0. The lowest BCUT2D eigenvalue weighted by Gasteiger charge is -2.30. The van der Waals surface area contributed by atoms with Gasteiger partial charge in [0.1, 0.15) is 11.4 Å². The van der Waals surface area contributed by atoms with Gasteiger partial charge in [-0.05, 0) is 49.9 Å². The number of pyridine rings is 1. The second kappa shape index (κ2) is 8.26. The van der Waals surface area contributed by atoms with Crippen LogP contribution in [0, 0.1) is 0 Å². The summed E-state index contributed by atoms with van der Waals surface area (Å²) < 4.78 is 7.85. The summed E-state index contributed by atoms with van der Waals surface area (Å²) in [6, 6.07) is 20.1. The summed E-state index contributed by atoms with van der Waals surface area (Å²) in [6.07, 6.45) is 1.42. The van der Waals surface area contributed by atoms with Crippen molar-refractivity contribution >= 4 is 22.9 Å². The molecule has 7 heteroatoms. The van der Waals surface area contributed by atoms with E-state index in [9.17, 15) is 4.79 Å². The number of nitrogens with two attached hydrogens (primary N) is 1. The fourth-order valence-electron chi connectivity index (χ4n) is 4.36. The normalized spacial score (nSPS) is 15.7. The van der Waals surface area contributed by atoms with Crippen molar-refractivity contribution in [3.63, 3.8) is 0 Å². The molecule has 1 unspecified atom stereocenters. The number of hydrogen-bond acceptors (Lipinski definition) is 5. The average molecular weight is 442 g/mol. The SMILES string of the molecule is CC1Oc2ccc(-c3nc4ccc(N)cn4c3CN(C)Cc3ccccc3)cc2N(C)C1=O. The van der Waals surface area contributed by atoms with Gasteiger partial charge in [-0.1, -0.05) is 30.3 Å². The molecule has 0 fully saturated rings. The molecule has 2 N–H and O–H groups in total. The van der Waals surface area contributed by atoms with E-state index in [0.717, 1.165) is 34.8 Å². The van der Waals surface area contributed by atoms with Crippen LogP contribution in [0.4, 0.5) is 11.4 Å². The van der Waals surface area contributed by atoms with E-state index in [4.69, 9.17) is 15.5 Å². The van der Waals surface area contributed by atoms with Crippen LogP contribution in [-0.4, -0.2) is 40.4 Å². The van der Waals surface area contributed by atoms with Crippen molar-refractivity contribution in [3.05, 3.63) is 78.1 Å². The molecule has 0 spiro atoms. The number of ether oxygens (including phenoxy) is 1. The smallest absolute Gasteiger partial charge is 0.267 e. The lowest BCUT2D eigenvalue weighted by molar-refractivity contribution is -0.125. The predicted octanol–water partition coefficient (Wildman–Crippen LogP) is 3.96. The van der Waals surface area contributed by atoms with Crippen molar-refractivity contribution in [2.24, 2.45) is 0 Å². The maximum absolute atomic E-state index is 12.5. The van der Waals surface area contributed by atoms with Crippen molar-refractivity contribution in [1.29, 1.82) is 0 Å². The van der Waals surface area contributed by atoms with Crippen LogP contribution in [0.2, 0.25) is 0 Å². The molecular weight excluding hydrogens is 414 g/mol. The molecule has 0 radical (unpaired) electrons. The van der Waals surface area contributed by atoms with Gasteiger partial charge >= 0.3 is 0 Å². The molecule has 5 rings (SSSR count). The zero-order chi connectivity index (χ0) is 23.1. The van der Waals surface area contributed by atoms with Gasteiger partial charge in [-0.15, -0.1) is 0 Å². The first-order valence-electron chi connectivity index (χ1n) is 11.0. The van der Waals surface area contributed by atoms with Crippen molar-refractivity contribution < 1.29 is 9.53 Å². The van der Waals surface area contributed by atoms with Gasteiger partial charge < -0.3 is 19.8 Å². The number of amides is 1. The third-order valence-corrected chi connectivity index (χ3v) is 6.03. The molecule has 1 aliphatic heterocycles. The fourth-order valence-corrected chi connectivity index (χ4v) is 4.36. The Bertz CT molecular complexity index is 1330. The van der Waals surface area contributed by atoms with Crippen LogP contribution in [0.25, 0.3) is 16.9 Å². The number of nitrogen functional groups attached to an aromatic ring is 1. The standard InChI is InChI=1S/C26H27N5O2/c1-17-26(32)30(3)21-13-19(9-11-23(21)33-17)25-22(31-15-20(27)10-12-24(31)28-25)16-29(2)14-18-7-5-4-6-8-18/h4-13,15,17H,14,16,27H2,1-3H3. The predicted molar refractivity (Wildman–Crippen MR) is 130 cm³/mol. The number of likely N-dealkylation sites (N-methyl/N-ethyl adjacent to an activating group) is 1. The highest BCUT2D eigenvalue weighted by Gasteiger charge is 2.29. The number of benzene rings is 2. The summed E-state index contributed by atoms with van der Waals surface area (Å²) in [7, 11) is 3.87. The summed E-state index contributed by atoms with van der Waals surface area (Å²) in [5.41, 5.74) is 12.4. The molecule has 1 atom stereocenters. The third kappa shape index (κ3) is 3.91. The van der Waals surface area contributed by atoms with Gasteiger partial charge in [0.25, 0.3) is 5.91 Å². The summed E-state index contributed by atoms with van der Waals surface area (Å²) in [4.78, 5) is 21.3. The van der Waals surface area contributed by atoms with Gasteiger partial charge in [0.2, 0.25) is 0 Å². The van der Waals surface area contributed by atoms with Gasteiger partial charge in [-0.25, -0.2) is 4.98 Å². The minimum Gasteiger partial charge on any atom is -0.479 e. The number of imidazole rings is 1. The molecule has 0 saturated heterocycles. The Hall–Kier alpha value is -3.84. The number of aromatic nitrogens is 2. The molecule has 33 heavy (non-hydrogen) atoms. The highest BCUT2D eigenvalue weighted by Crippen LogP contribution is 2.38. The lowest BCUT2D eigenvalue weighted by atomic mass is 10.1. The Labute approximate surface area is 193 Å². The Morgan fingerprint density at radius 1 is 1.09 bits per heavy atom. The number of fused-ring (bicyclic) bond motifs is 2. The quantitative estimate of drug-likeness (QED) is 0.507. The summed E-state index contributed by atoms with van der Waals surface area (Å²) >= 11 is 0. The lowest BCUT2D eigenvalue weighted by Crippen LogP contribution is -2.41. The summed E-state index contributed by atoms with van der Waals surface area (Å²) in [6.45, 7) is 3.25. The monoisotopic (exact) mass is 441 g/mol. The minimum absolute atomic E-state index is 0.0646. The second-order valence-corrected chi connectivity index (χ2v) is 8.60. The number of carbonyl (C=O) groups is 1. The van der Waals surface area contributed by atoms with Gasteiger partial charge in [0.15, 0.2) is 6.10 Å².